The van der Waals surface area contributed by atoms with Crippen molar-refractivity contribution in [3.63, 3.8) is 0 Å². The third-order valence-electron chi connectivity index (χ3n) is 2.20. The topological polar surface area (TPSA) is 67.2 Å². The molecule has 4 nitrogen and oxygen atoms in total. The Morgan fingerprint density at radius 3 is 2.82 bits per heavy atom. The Morgan fingerprint density at radius 1 is 1.47 bits per heavy atom. The summed E-state index contributed by atoms with van der Waals surface area (Å²) in [4.78, 5) is 11.5. The van der Waals surface area contributed by atoms with Crippen LogP contribution in [-0.4, -0.2) is 19.0 Å². The number of hydrogen-bond acceptors (Lipinski definition) is 3. The van der Waals surface area contributed by atoms with Crippen LogP contribution in [0.25, 0.3) is 0 Å². The molecule has 0 radical (unpaired) electrons. The van der Waals surface area contributed by atoms with Crippen LogP contribution >= 0.6 is 11.6 Å². The third kappa shape index (κ3) is 4.53. The molecule has 1 amide bonds. The highest BCUT2D eigenvalue weighted by atomic mass is 35.5. The zero-order valence-electron chi connectivity index (χ0n) is 10.1. The van der Waals surface area contributed by atoms with Gasteiger partial charge in [0.25, 0.3) is 0 Å². The molecular weight excluding hydrogens is 238 g/mol. The molecule has 0 aromatic heterocycles. The molecule has 0 bridgehead atoms. The zero-order chi connectivity index (χ0) is 12.8. The van der Waals surface area contributed by atoms with Crippen molar-refractivity contribution in [3.8, 4) is 0 Å². The van der Waals surface area contributed by atoms with Gasteiger partial charge in [-0.15, -0.1) is 0 Å². The standard InChI is InChI=1S/C12H18ClN3O/c1-8(2)6-16-11(17)7-15-10-5-3-4-9(13)12(10)14/h3-5,8,15H,6-7,14H2,1-2H3,(H,16,17). The summed E-state index contributed by atoms with van der Waals surface area (Å²) in [6.45, 7) is 4.95. The lowest BCUT2D eigenvalue weighted by atomic mass is 10.2. The lowest BCUT2D eigenvalue weighted by molar-refractivity contribution is -0.119. The molecule has 0 aliphatic carbocycles. The molecule has 1 aromatic carbocycles. The van der Waals surface area contributed by atoms with Crippen molar-refractivity contribution in [1.29, 1.82) is 0 Å². The number of anilines is 2. The average molecular weight is 256 g/mol. The monoisotopic (exact) mass is 255 g/mol. The predicted octanol–water partition coefficient (Wildman–Crippen LogP) is 2.11. The van der Waals surface area contributed by atoms with E-state index in [-0.39, 0.29) is 12.5 Å². The number of halogens is 1. The van der Waals surface area contributed by atoms with Gasteiger partial charge in [-0.25, -0.2) is 0 Å². The minimum Gasteiger partial charge on any atom is -0.396 e. The fourth-order valence-electron chi connectivity index (χ4n) is 1.25. The number of nitrogen functional groups attached to an aromatic ring is 1. The maximum atomic E-state index is 11.5. The summed E-state index contributed by atoms with van der Waals surface area (Å²) in [6.07, 6.45) is 0. The molecule has 17 heavy (non-hydrogen) atoms. The zero-order valence-corrected chi connectivity index (χ0v) is 10.8. The summed E-state index contributed by atoms with van der Waals surface area (Å²) in [7, 11) is 0. The van der Waals surface area contributed by atoms with E-state index in [2.05, 4.69) is 10.6 Å². The Balaban J connectivity index is 2.45. The Kier molecular flexibility index (Phi) is 5.10. The van der Waals surface area contributed by atoms with Crippen LogP contribution in [0, 0.1) is 5.92 Å². The van der Waals surface area contributed by atoms with E-state index in [0.29, 0.717) is 28.9 Å². The van der Waals surface area contributed by atoms with Gasteiger partial charge in [-0.1, -0.05) is 31.5 Å². The molecule has 94 valence electrons. The quantitative estimate of drug-likeness (QED) is 0.706. The molecule has 1 aromatic rings. The molecule has 0 atom stereocenters. The van der Waals surface area contributed by atoms with Crippen molar-refractivity contribution < 1.29 is 4.79 Å². The molecule has 5 heteroatoms. The van der Waals surface area contributed by atoms with Crippen LogP contribution in [0.1, 0.15) is 13.8 Å². The molecule has 0 aliphatic heterocycles. The Hall–Kier alpha value is -1.42. The first kappa shape index (κ1) is 13.6. The van der Waals surface area contributed by atoms with Gasteiger partial charge in [0.15, 0.2) is 0 Å². The number of hydrogen-bond donors (Lipinski definition) is 3. The lowest BCUT2D eigenvalue weighted by Gasteiger charge is -2.11. The minimum absolute atomic E-state index is 0.0573. The van der Waals surface area contributed by atoms with E-state index >= 15 is 0 Å². The van der Waals surface area contributed by atoms with Gasteiger partial charge in [-0.05, 0) is 18.1 Å². The Morgan fingerprint density at radius 2 is 2.18 bits per heavy atom. The van der Waals surface area contributed by atoms with Crippen LogP contribution in [0.2, 0.25) is 5.02 Å². The molecule has 0 unspecified atom stereocenters. The molecule has 4 N–H and O–H groups in total. The summed E-state index contributed by atoms with van der Waals surface area (Å²) in [6, 6.07) is 5.28. The van der Waals surface area contributed by atoms with Gasteiger partial charge in [-0.2, -0.15) is 0 Å². The van der Waals surface area contributed by atoms with E-state index in [4.69, 9.17) is 17.3 Å². The highest BCUT2D eigenvalue weighted by Crippen LogP contribution is 2.26. The van der Waals surface area contributed by atoms with E-state index in [1.165, 1.54) is 0 Å². The fraction of sp³-hybridized carbons (Fsp3) is 0.417. The predicted molar refractivity (Wildman–Crippen MR) is 72.2 cm³/mol. The number of carbonyl (C=O) groups excluding carboxylic acids is 1. The van der Waals surface area contributed by atoms with Crippen LogP contribution in [-0.2, 0) is 4.79 Å². The highest BCUT2D eigenvalue weighted by molar-refractivity contribution is 6.33. The Labute approximate surface area is 107 Å². The molecule has 0 saturated heterocycles. The summed E-state index contributed by atoms with van der Waals surface area (Å²) in [5, 5.41) is 6.25. The second-order valence-corrected chi connectivity index (χ2v) is 4.66. The van der Waals surface area contributed by atoms with Crippen molar-refractivity contribution in [2.24, 2.45) is 5.92 Å². The van der Waals surface area contributed by atoms with Gasteiger partial charge in [0, 0.05) is 6.54 Å². The summed E-state index contributed by atoms with van der Waals surface area (Å²) < 4.78 is 0. The van der Waals surface area contributed by atoms with E-state index in [9.17, 15) is 4.79 Å². The molecule has 1 rings (SSSR count). The minimum atomic E-state index is -0.0573. The highest BCUT2D eigenvalue weighted by Gasteiger charge is 2.05. The largest absolute Gasteiger partial charge is 0.396 e. The van der Waals surface area contributed by atoms with Crippen LogP contribution in [0.15, 0.2) is 18.2 Å². The first-order valence-corrected chi connectivity index (χ1v) is 5.93. The molecule has 0 aliphatic rings. The number of amides is 1. The normalized spacial score (nSPS) is 10.4. The number of nitrogens with one attached hydrogen (secondary N) is 2. The van der Waals surface area contributed by atoms with Crippen LogP contribution < -0.4 is 16.4 Å². The van der Waals surface area contributed by atoms with Gasteiger partial charge < -0.3 is 16.4 Å². The fourth-order valence-corrected chi connectivity index (χ4v) is 1.42. The molecule has 0 spiro atoms. The molecule has 0 heterocycles. The first-order valence-electron chi connectivity index (χ1n) is 5.55. The van der Waals surface area contributed by atoms with Gasteiger partial charge in [0.1, 0.15) is 0 Å². The van der Waals surface area contributed by atoms with Crippen molar-refractivity contribution in [2.75, 3.05) is 24.1 Å². The smallest absolute Gasteiger partial charge is 0.239 e. The Bertz CT molecular complexity index is 393. The van der Waals surface area contributed by atoms with Crippen LogP contribution in [0.3, 0.4) is 0 Å². The van der Waals surface area contributed by atoms with Crippen LogP contribution in [0.4, 0.5) is 11.4 Å². The summed E-state index contributed by atoms with van der Waals surface area (Å²) >= 11 is 5.87. The third-order valence-corrected chi connectivity index (χ3v) is 2.53. The van der Waals surface area contributed by atoms with Crippen LogP contribution in [0.5, 0.6) is 0 Å². The second kappa shape index (κ2) is 6.35. The van der Waals surface area contributed by atoms with Crippen molar-refractivity contribution in [1.82, 2.24) is 5.32 Å². The van der Waals surface area contributed by atoms with E-state index in [1.807, 2.05) is 13.8 Å². The SMILES string of the molecule is CC(C)CNC(=O)CNc1cccc(Cl)c1N. The van der Waals surface area contributed by atoms with Crippen molar-refractivity contribution in [3.05, 3.63) is 23.2 Å². The van der Waals surface area contributed by atoms with Gasteiger partial charge in [0.05, 0.1) is 22.9 Å². The van der Waals surface area contributed by atoms with Gasteiger partial charge >= 0.3 is 0 Å². The number of benzene rings is 1. The number of para-hydroxylation sites is 1. The molecule has 0 fully saturated rings. The van der Waals surface area contributed by atoms with E-state index in [1.54, 1.807) is 18.2 Å². The second-order valence-electron chi connectivity index (χ2n) is 4.25. The van der Waals surface area contributed by atoms with Gasteiger partial charge in [0.2, 0.25) is 5.91 Å². The van der Waals surface area contributed by atoms with E-state index in [0.717, 1.165) is 0 Å². The molecule has 0 saturated carbocycles. The maximum Gasteiger partial charge on any atom is 0.239 e. The molecular formula is C12H18ClN3O. The van der Waals surface area contributed by atoms with Crippen molar-refractivity contribution in [2.45, 2.75) is 13.8 Å². The van der Waals surface area contributed by atoms with Crippen molar-refractivity contribution >= 4 is 28.9 Å². The summed E-state index contributed by atoms with van der Waals surface area (Å²) in [5.41, 5.74) is 6.91. The van der Waals surface area contributed by atoms with E-state index < -0.39 is 0 Å². The summed E-state index contributed by atoms with van der Waals surface area (Å²) in [5.74, 6) is 0.383. The number of nitrogens with two attached hydrogens (primary N) is 1. The maximum absolute atomic E-state index is 11.5. The van der Waals surface area contributed by atoms with Gasteiger partial charge in [-0.3, -0.25) is 4.79 Å². The lowest BCUT2D eigenvalue weighted by Crippen LogP contribution is -2.32. The number of carbonyl (C=O) groups is 1. The average Bonchev–Trinajstić information content (AvgIpc) is 2.28. The number of rotatable bonds is 5. The first-order chi connectivity index (χ1) is 8.00.